The SMILES string of the molecule is CCC(C)C(C)(N)CCOC(C)(C)C. The lowest BCUT2D eigenvalue weighted by atomic mass is 9.83. The van der Waals surface area contributed by atoms with E-state index in [0.717, 1.165) is 19.4 Å². The summed E-state index contributed by atoms with van der Waals surface area (Å²) in [5.41, 5.74) is 6.07. The fourth-order valence-electron chi connectivity index (χ4n) is 1.29. The van der Waals surface area contributed by atoms with Crippen molar-refractivity contribution < 1.29 is 4.74 Å². The van der Waals surface area contributed by atoms with Crippen molar-refractivity contribution in [2.45, 2.75) is 65.5 Å². The number of rotatable bonds is 5. The van der Waals surface area contributed by atoms with E-state index in [2.05, 4.69) is 41.5 Å². The third kappa shape index (κ3) is 5.61. The van der Waals surface area contributed by atoms with Crippen LogP contribution >= 0.6 is 0 Å². The molecule has 2 atom stereocenters. The maximum Gasteiger partial charge on any atom is 0.0598 e. The van der Waals surface area contributed by atoms with Gasteiger partial charge in [-0.15, -0.1) is 0 Å². The minimum absolute atomic E-state index is 0.0501. The first kappa shape index (κ1) is 13.9. The van der Waals surface area contributed by atoms with Crippen molar-refractivity contribution in [1.82, 2.24) is 0 Å². The van der Waals surface area contributed by atoms with E-state index in [1.54, 1.807) is 0 Å². The summed E-state index contributed by atoms with van der Waals surface area (Å²) in [6.07, 6.45) is 2.06. The topological polar surface area (TPSA) is 35.2 Å². The van der Waals surface area contributed by atoms with Gasteiger partial charge in [0.05, 0.1) is 5.60 Å². The van der Waals surface area contributed by atoms with Gasteiger partial charge in [0.15, 0.2) is 0 Å². The molecule has 2 unspecified atom stereocenters. The minimum atomic E-state index is -0.0972. The van der Waals surface area contributed by atoms with E-state index in [1.807, 2.05) is 0 Å². The van der Waals surface area contributed by atoms with E-state index in [-0.39, 0.29) is 11.1 Å². The highest BCUT2D eigenvalue weighted by molar-refractivity contribution is 4.83. The monoisotopic (exact) mass is 201 g/mol. The summed E-state index contributed by atoms with van der Waals surface area (Å²) < 4.78 is 5.68. The first-order valence-corrected chi connectivity index (χ1v) is 5.62. The lowest BCUT2D eigenvalue weighted by Gasteiger charge is -2.32. The van der Waals surface area contributed by atoms with Crippen molar-refractivity contribution in [3.05, 3.63) is 0 Å². The van der Waals surface area contributed by atoms with Crippen LogP contribution in [0.5, 0.6) is 0 Å². The first-order valence-electron chi connectivity index (χ1n) is 5.62. The van der Waals surface area contributed by atoms with Gasteiger partial charge in [-0.05, 0) is 40.0 Å². The molecule has 0 fully saturated rings. The Bertz CT molecular complexity index is 158. The Labute approximate surface area is 89.2 Å². The van der Waals surface area contributed by atoms with Gasteiger partial charge in [0.25, 0.3) is 0 Å². The molecule has 0 radical (unpaired) electrons. The molecule has 0 aliphatic carbocycles. The lowest BCUT2D eigenvalue weighted by Crippen LogP contribution is -2.44. The molecule has 0 saturated heterocycles. The average Bonchev–Trinajstić information content (AvgIpc) is 2.00. The van der Waals surface area contributed by atoms with E-state index < -0.39 is 0 Å². The van der Waals surface area contributed by atoms with Crippen molar-refractivity contribution >= 4 is 0 Å². The molecule has 0 aromatic carbocycles. The summed E-state index contributed by atoms with van der Waals surface area (Å²) in [5, 5.41) is 0. The third-order valence-corrected chi connectivity index (χ3v) is 2.91. The van der Waals surface area contributed by atoms with Crippen molar-refractivity contribution in [2.75, 3.05) is 6.61 Å². The molecule has 2 heteroatoms. The molecular formula is C12H27NO. The van der Waals surface area contributed by atoms with E-state index >= 15 is 0 Å². The largest absolute Gasteiger partial charge is 0.376 e. The van der Waals surface area contributed by atoms with Gasteiger partial charge in [0, 0.05) is 12.1 Å². The normalized spacial score (nSPS) is 19.1. The smallest absolute Gasteiger partial charge is 0.0598 e. The van der Waals surface area contributed by atoms with Gasteiger partial charge < -0.3 is 10.5 Å². The summed E-state index contributed by atoms with van der Waals surface area (Å²) in [6.45, 7) is 13.5. The van der Waals surface area contributed by atoms with Gasteiger partial charge in [-0.25, -0.2) is 0 Å². The van der Waals surface area contributed by atoms with Crippen LogP contribution in [0.15, 0.2) is 0 Å². The maximum absolute atomic E-state index is 6.22. The number of nitrogens with two attached hydrogens (primary N) is 1. The predicted molar refractivity (Wildman–Crippen MR) is 62.4 cm³/mol. The van der Waals surface area contributed by atoms with Gasteiger partial charge in [-0.3, -0.25) is 0 Å². The summed E-state index contributed by atoms with van der Waals surface area (Å²) in [4.78, 5) is 0. The van der Waals surface area contributed by atoms with Gasteiger partial charge in [-0.2, -0.15) is 0 Å². The highest BCUT2D eigenvalue weighted by Gasteiger charge is 2.25. The van der Waals surface area contributed by atoms with Crippen molar-refractivity contribution in [3.8, 4) is 0 Å². The Kier molecular flexibility index (Phi) is 5.10. The first-order chi connectivity index (χ1) is 6.19. The van der Waals surface area contributed by atoms with E-state index in [9.17, 15) is 0 Å². The van der Waals surface area contributed by atoms with Gasteiger partial charge in [0.1, 0.15) is 0 Å². The predicted octanol–water partition coefficient (Wildman–Crippen LogP) is 2.96. The van der Waals surface area contributed by atoms with Crippen LogP contribution < -0.4 is 5.73 Å². The summed E-state index contributed by atoms with van der Waals surface area (Å²) >= 11 is 0. The van der Waals surface area contributed by atoms with Gasteiger partial charge in [-0.1, -0.05) is 20.3 Å². The summed E-state index contributed by atoms with van der Waals surface area (Å²) in [5.74, 6) is 0.547. The summed E-state index contributed by atoms with van der Waals surface area (Å²) in [6, 6.07) is 0. The van der Waals surface area contributed by atoms with Crippen LogP contribution in [0, 0.1) is 5.92 Å². The zero-order chi connectivity index (χ0) is 11.4. The molecule has 0 aliphatic heterocycles. The molecule has 0 saturated carbocycles. The molecule has 0 aromatic rings. The molecule has 0 heterocycles. The molecule has 14 heavy (non-hydrogen) atoms. The second-order valence-electron chi connectivity index (χ2n) is 5.53. The molecule has 0 rings (SSSR count). The van der Waals surface area contributed by atoms with Crippen LogP contribution in [0.25, 0.3) is 0 Å². The Morgan fingerprint density at radius 2 is 1.71 bits per heavy atom. The van der Waals surface area contributed by atoms with E-state index in [0.29, 0.717) is 5.92 Å². The summed E-state index contributed by atoms with van der Waals surface area (Å²) in [7, 11) is 0. The van der Waals surface area contributed by atoms with Crippen LogP contribution in [-0.2, 0) is 4.74 Å². The van der Waals surface area contributed by atoms with Crippen molar-refractivity contribution in [2.24, 2.45) is 11.7 Å². The fourth-order valence-corrected chi connectivity index (χ4v) is 1.29. The van der Waals surface area contributed by atoms with E-state index in [1.165, 1.54) is 0 Å². The molecule has 0 aliphatic rings. The molecule has 0 aromatic heterocycles. The fraction of sp³-hybridized carbons (Fsp3) is 1.00. The Balaban J connectivity index is 3.88. The Morgan fingerprint density at radius 3 is 2.07 bits per heavy atom. The second-order valence-corrected chi connectivity index (χ2v) is 5.53. The molecule has 0 amide bonds. The van der Waals surface area contributed by atoms with Crippen LogP contribution in [0.3, 0.4) is 0 Å². The Hall–Kier alpha value is -0.0800. The van der Waals surface area contributed by atoms with Crippen LogP contribution in [-0.4, -0.2) is 17.7 Å². The van der Waals surface area contributed by atoms with Gasteiger partial charge in [0.2, 0.25) is 0 Å². The molecule has 86 valence electrons. The standard InChI is InChI=1S/C12H27NO/c1-7-10(2)12(6,13)8-9-14-11(3,4)5/h10H,7-9,13H2,1-6H3. The van der Waals surface area contributed by atoms with Crippen LogP contribution in [0.4, 0.5) is 0 Å². The highest BCUT2D eigenvalue weighted by Crippen LogP contribution is 2.21. The minimum Gasteiger partial charge on any atom is -0.376 e. The molecule has 0 spiro atoms. The van der Waals surface area contributed by atoms with E-state index in [4.69, 9.17) is 10.5 Å². The quantitative estimate of drug-likeness (QED) is 0.742. The van der Waals surface area contributed by atoms with Gasteiger partial charge >= 0.3 is 0 Å². The van der Waals surface area contributed by atoms with Crippen LogP contribution in [0.1, 0.15) is 54.4 Å². The lowest BCUT2D eigenvalue weighted by molar-refractivity contribution is -0.0135. The number of hydrogen-bond acceptors (Lipinski definition) is 2. The molecule has 2 N–H and O–H groups in total. The maximum atomic E-state index is 6.22. The van der Waals surface area contributed by atoms with Crippen molar-refractivity contribution in [3.63, 3.8) is 0 Å². The third-order valence-electron chi connectivity index (χ3n) is 2.91. The van der Waals surface area contributed by atoms with Crippen molar-refractivity contribution in [1.29, 1.82) is 0 Å². The number of hydrogen-bond donors (Lipinski definition) is 1. The zero-order valence-electron chi connectivity index (χ0n) is 10.7. The highest BCUT2D eigenvalue weighted by atomic mass is 16.5. The molecule has 0 bridgehead atoms. The zero-order valence-corrected chi connectivity index (χ0v) is 10.7. The molecular weight excluding hydrogens is 174 g/mol. The number of ether oxygens (including phenoxy) is 1. The Morgan fingerprint density at radius 1 is 1.21 bits per heavy atom. The average molecular weight is 201 g/mol. The molecule has 2 nitrogen and oxygen atoms in total. The van der Waals surface area contributed by atoms with Crippen LogP contribution in [0.2, 0.25) is 0 Å². The second kappa shape index (κ2) is 5.13.